The fraction of sp³-hybridized carbons (Fsp3) is 0.280. The number of benzene rings is 3. The Morgan fingerprint density at radius 2 is 1.30 bits per heavy atom. The highest BCUT2D eigenvalue weighted by atomic mass is 32.2. The second-order valence-corrected chi connectivity index (χ2v) is 10.4. The minimum atomic E-state index is -3.65. The molecule has 0 aromatic heterocycles. The topological polar surface area (TPSA) is 72.2 Å². The summed E-state index contributed by atoms with van der Waals surface area (Å²) in [6.45, 7) is 6.26. The first-order valence-corrected chi connectivity index (χ1v) is 11.8. The zero-order valence-electron chi connectivity index (χ0n) is 17.7. The second kappa shape index (κ2) is 9.13. The molecule has 0 aliphatic heterocycles. The van der Waals surface area contributed by atoms with Crippen molar-refractivity contribution in [3.63, 3.8) is 0 Å². The van der Waals surface area contributed by atoms with E-state index < -0.39 is 22.1 Å². The molecule has 30 heavy (non-hydrogen) atoms. The van der Waals surface area contributed by atoms with Gasteiger partial charge in [-0.15, -0.1) is 0 Å². The molecule has 0 spiro atoms. The highest BCUT2D eigenvalue weighted by molar-refractivity contribution is 7.88. The lowest BCUT2D eigenvalue weighted by atomic mass is 9.84. The normalized spacial score (nSPS) is 14.3. The Morgan fingerprint density at radius 1 is 0.800 bits per heavy atom. The van der Waals surface area contributed by atoms with Crippen LogP contribution < -0.4 is 10.5 Å². The van der Waals surface area contributed by atoms with Crippen molar-refractivity contribution in [2.45, 2.75) is 44.0 Å². The SMILES string of the molecule is CC(C)(C)c1ccccc1CS(=O)(=O)NC(c1ccccc1)C(N)c1ccccc1. The lowest BCUT2D eigenvalue weighted by molar-refractivity contribution is 0.503. The van der Waals surface area contributed by atoms with Gasteiger partial charge in [-0.05, 0) is 27.7 Å². The van der Waals surface area contributed by atoms with Crippen molar-refractivity contribution in [1.82, 2.24) is 4.72 Å². The Hall–Kier alpha value is -2.47. The Kier molecular flexibility index (Phi) is 6.76. The van der Waals surface area contributed by atoms with Crippen molar-refractivity contribution in [3.8, 4) is 0 Å². The Morgan fingerprint density at radius 3 is 1.87 bits per heavy atom. The molecule has 0 bridgehead atoms. The van der Waals surface area contributed by atoms with Crippen LogP contribution >= 0.6 is 0 Å². The van der Waals surface area contributed by atoms with Crippen molar-refractivity contribution in [2.24, 2.45) is 5.73 Å². The number of sulfonamides is 1. The monoisotopic (exact) mass is 422 g/mol. The van der Waals surface area contributed by atoms with Crippen molar-refractivity contribution in [2.75, 3.05) is 0 Å². The van der Waals surface area contributed by atoms with Gasteiger partial charge in [-0.2, -0.15) is 0 Å². The molecule has 158 valence electrons. The standard InChI is InChI=1S/C25H30N2O2S/c1-25(2,3)22-17-11-10-16-21(22)18-30(28,29)27-24(20-14-8-5-9-15-20)23(26)19-12-6-4-7-13-19/h4-17,23-24,27H,18,26H2,1-3H3. The van der Waals surface area contributed by atoms with Crippen LogP contribution in [0.3, 0.4) is 0 Å². The number of rotatable bonds is 7. The Labute approximate surface area is 180 Å². The average Bonchev–Trinajstić information content (AvgIpc) is 2.72. The first-order valence-electron chi connectivity index (χ1n) is 10.1. The van der Waals surface area contributed by atoms with Gasteiger partial charge in [0.15, 0.2) is 0 Å². The van der Waals surface area contributed by atoms with E-state index in [1.165, 1.54) is 0 Å². The maximum absolute atomic E-state index is 13.2. The molecule has 0 aliphatic carbocycles. The molecule has 3 N–H and O–H groups in total. The molecular weight excluding hydrogens is 392 g/mol. The largest absolute Gasteiger partial charge is 0.322 e. The van der Waals surface area contributed by atoms with Gasteiger partial charge in [0, 0.05) is 0 Å². The van der Waals surface area contributed by atoms with Crippen LogP contribution in [0.1, 0.15) is 55.1 Å². The van der Waals surface area contributed by atoms with Gasteiger partial charge < -0.3 is 5.73 Å². The minimum Gasteiger partial charge on any atom is -0.322 e. The molecule has 2 atom stereocenters. The van der Waals surface area contributed by atoms with E-state index in [0.717, 1.165) is 22.3 Å². The summed E-state index contributed by atoms with van der Waals surface area (Å²) in [6, 6.07) is 25.7. The fourth-order valence-electron chi connectivity index (χ4n) is 3.69. The van der Waals surface area contributed by atoms with Crippen LogP contribution in [0.25, 0.3) is 0 Å². The lowest BCUT2D eigenvalue weighted by Crippen LogP contribution is -2.37. The first kappa shape index (κ1) is 22.2. The van der Waals surface area contributed by atoms with Crippen LogP contribution in [0, 0.1) is 0 Å². The van der Waals surface area contributed by atoms with Crippen LogP contribution in [-0.4, -0.2) is 8.42 Å². The molecule has 3 aromatic carbocycles. The quantitative estimate of drug-likeness (QED) is 0.572. The van der Waals surface area contributed by atoms with Crippen molar-refractivity contribution >= 4 is 10.0 Å². The van der Waals surface area contributed by atoms with Crippen molar-refractivity contribution < 1.29 is 8.42 Å². The van der Waals surface area contributed by atoms with Crippen LogP contribution in [-0.2, 0) is 21.2 Å². The summed E-state index contributed by atoms with van der Waals surface area (Å²) in [5.41, 5.74) is 9.94. The van der Waals surface area contributed by atoms with Gasteiger partial charge >= 0.3 is 0 Å². The molecule has 2 unspecified atom stereocenters. The number of hydrogen-bond donors (Lipinski definition) is 2. The summed E-state index contributed by atoms with van der Waals surface area (Å²) in [6.07, 6.45) is 0. The Balaban J connectivity index is 1.93. The fourth-order valence-corrected chi connectivity index (χ4v) is 5.11. The van der Waals surface area contributed by atoms with Gasteiger partial charge in [-0.3, -0.25) is 0 Å². The van der Waals surface area contributed by atoms with Crippen molar-refractivity contribution in [1.29, 1.82) is 0 Å². The molecule has 0 aliphatic rings. The van der Waals surface area contributed by atoms with Crippen LogP contribution in [0.4, 0.5) is 0 Å². The van der Waals surface area contributed by atoms with E-state index in [2.05, 4.69) is 25.5 Å². The van der Waals surface area contributed by atoms with Gasteiger partial charge in [0.25, 0.3) is 0 Å². The van der Waals surface area contributed by atoms with E-state index >= 15 is 0 Å². The maximum Gasteiger partial charge on any atom is 0.216 e. The molecule has 0 radical (unpaired) electrons. The predicted octanol–water partition coefficient (Wildman–Crippen LogP) is 4.84. The summed E-state index contributed by atoms with van der Waals surface area (Å²) in [5.74, 6) is -0.0920. The van der Waals surface area contributed by atoms with E-state index in [-0.39, 0.29) is 11.2 Å². The van der Waals surface area contributed by atoms with Gasteiger partial charge in [0.1, 0.15) is 0 Å². The molecule has 0 fully saturated rings. The first-order chi connectivity index (χ1) is 14.2. The summed E-state index contributed by atoms with van der Waals surface area (Å²) >= 11 is 0. The van der Waals surface area contributed by atoms with Crippen LogP contribution in [0.15, 0.2) is 84.9 Å². The average molecular weight is 423 g/mol. The number of hydrogen-bond acceptors (Lipinski definition) is 3. The maximum atomic E-state index is 13.2. The van der Waals surface area contributed by atoms with Gasteiger partial charge in [-0.1, -0.05) is 106 Å². The molecular formula is C25H30N2O2S. The molecule has 0 heterocycles. The van der Waals surface area contributed by atoms with Crippen LogP contribution in [0.5, 0.6) is 0 Å². The summed E-state index contributed by atoms with van der Waals surface area (Å²) in [4.78, 5) is 0. The van der Waals surface area contributed by atoms with E-state index in [1.54, 1.807) is 0 Å². The smallest absolute Gasteiger partial charge is 0.216 e. The van der Waals surface area contributed by atoms with Crippen LogP contribution in [0.2, 0.25) is 0 Å². The third-order valence-corrected chi connectivity index (χ3v) is 6.48. The molecule has 3 rings (SSSR count). The summed E-state index contributed by atoms with van der Waals surface area (Å²) in [7, 11) is -3.65. The van der Waals surface area contributed by atoms with E-state index in [1.807, 2.05) is 84.9 Å². The van der Waals surface area contributed by atoms with Gasteiger partial charge in [0.2, 0.25) is 10.0 Å². The molecule has 4 nitrogen and oxygen atoms in total. The third kappa shape index (κ3) is 5.57. The molecule has 5 heteroatoms. The van der Waals surface area contributed by atoms with Gasteiger partial charge in [0.05, 0.1) is 17.8 Å². The number of nitrogens with one attached hydrogen (secondary N) is 1. The Bertz CT molecular complexity index is 1060. The second-order valence-electron chi connectivity index (χ2n) is 8.61. The van der Waals surface area contributed by atoms with E-state index in [4.69, 9.17) is 5.73 Å². The zero-order valence-corrected chi connectivity index (χ0v) is 18.6. The lowest BCUT2D eigenvalue weighted by Gasteiger charge is -2.27. The predicted molar refractivity (Wildman–Crippen MR) is 123 cm³/mol. The molecule has 0 amide bonds. The minimum absolute atomic E-state index is 0.0920. The zero-order chi connectivity index (χ0) is 21.8. The summed E-state index contributed by atoms with van der Waals surface area (Å²) in [5, 5.41) is 0. The highest BCUT2D eigenvalue weighted by Gasteiger charge is 2.28. The third-order valence-electron chi connectivity index (χ3n) is 5.18. The summed E-state index contributed by atoms with van der Waals surface area (Å²) < 4.78 is 29.3. The van der Waals surface area contributed by atoms with Crippen molar-refractivity contribution in [3.05, 3.63) is 107 Å². The molecule has 3 aromatic rings. The van der Waals surface area contributed by atoms with E-state index in [9.17, 15) is 8.42 Å². The molecule has 0 saturated carbocycles. The van der Waals surface area contributed by atoms with E-state index in [0.29, 0.717) is 0 Å². The highest BCUT2D eigenvalue weighted by Crippen LogP contribution is 2.30. The molecule has 0 saturated heterocycles. The number of nitrogens with two attached hydrogens (primary N) is 1. The van der Waals surface area contributed by atoms with Gasteiger partial charge in [-0.25, -0.2) is 13.1 Å².